The zero-order valence-corrected chi connectivity index (χ0v) is 20.9. The van der Waals surface area contributed by atoms with Gasteiger partial charge in [-0.3, -0.25) is 19.2 Å². The van der Waals surface area contributed by atoms with E-state index in [2.05, 4.69) is 21.0 Å². The molecule has 0 spiro atoms. The van der Waals surface area contributed by atoms with Crippen LogP contribution in [0.5, 0.6) is 0 Å². The van der Waals surface area contributed by atoms with Crippen LogP contribution in [0.15, 0.2) is 70.9 Å². The summed E-state index contributed by atoms with van der Waals surface area (Å²) in [6.45, 7) is 4.85. The van der Waals surface area contributed by atoms with Gasteiger partial charge in [0.05, 0.1) is 24.2 Å². The Morgan fingerprint density at radius 2 is 1.66 bits per heavy atom. The van der Waals surface area contributed by atoms with Crippen molar-refractivity contribution >= 4 is 38.7 Å². The van der Waals surface area contributed by atoms with Crippen LogP contribution in [0.4, 0.5) is 5.69 Å². The molecule has 2 heterocycles. The zero-order valence-electron chi connectivity index (χ0n) is 19.3. The van der Waals surface area contributed by atoms with Crippen LogP contribution < -0.4 is 10.0 Å². The van der Waals surface area contributed by atoms with E-state index in [-0.39, 0.29) is 22.6 Å². The summed E-state index contributed by atoms with van der Waals surface area (Å²) in [5.74, 6) is -0.364. The number of benzene rings is 2. The molecule has 0 radical (unpaired) electrons. The number of Topliss-reactive ketones (excluding diaryl/α,β-unsaturated/α-hetero) is 1. The molecule has 35 heavy (non-hydrogen) atoms. The number of thiophene rings is 1. The number of morpholine rings is 1. The molecule has 2 aromatic carbocycles. The SMILES string of the molecule is CC(=O)c1ccc(S(=O)(=O)Nc2ccc(C(=O)NC[C@@H](c3cccs3)N3CCOCC3)cc2)cc1. The molecule has 10 heteroatoms. The van der Waals surface area contributed by atoms with Gasteiger partial charge in [0.25, 0.3) is 15.9 Å². The largest absolute Gasteiger partial charge is 0.379 e. The second kappa shape index (κ2) is 11.1. The fourth-order valence-corrected chi connectivity index (χ4v) is 5.76. The van der Waals surface area contributed by atoms with Gasteiger partial charge in [-0.05, 0) is 54.8 Å². The maximum absolute atomic E-state index is 12.8. The highest BCUT2D eigenvalue weighted by molar-refractivity contribution is 7.92. The lowest BCUT2D eigenvalue weighted by Crippen LogP contribution is -2.43. The summed E-state index contributed by atoms with van der Waals surface area (Å²) in [6.07, 6.45) is 0. The molecule has 184 valence electrons. The van der Waals surface area contributed by atoms with Crippen molar-refractivity contribution in [2.24, 2.45) is 0 Å². The van der Waals surface area contributed by atoms with E-state index >= 15 is 0 Å². The van der Waals surface area contributed by atoms with Gasteiger partial charge < -0.3 is 10.1 Å². The maximum atomic E-state index is 12.8. The van der Waals surface area contributed by atoms with E-state index < -0.39 is 10.0 Å². The molecule has 0 unspecified atom stereocenters. The van der Waals surface area contributed by atoms with Crippen molar-refractivity contribution in [1.29, 1.82) is 0 Å². The Kier molecular flexibility index (Phi) is 7.97. The van der Waals surface area contributed by atoms with Crippen molar-refractivity contribution in [1.82, 2.24) is 10.2 Å². The lowest BCUT2D eigenvalue weighted by atomic mass is 10.1. The average molecular weight is 514 g/mol. The Morgan fingerprint density at radius 1 is 1.00 bits per heavy atom. The van der Waals surface area contributed by atoms with Crippen molar-refractivity contribution in [2.75, 3.05) is 37.6 Å². The monoisotopic (exact) mass is 513 g/mol. The van der Waals surface area contributed by atoms with Gasteiger partial charge in [-0.2, -0.15) is 0 Å². The van der Waals surface area contributed by atoms with Crippen molar-refractivity contribution < 1.29 is 22.7 Å². The standard InChI is InChI=1S/C25H27N3O5S2/c1-18(29)19-6-10-22(11-7-19)35(31,32)27-21-8-4-20(5-9-21)25(30)26-17-23(24-3-2-16-34-24)28-12-14-33-15-13-28/h2-11,16,23,27H,12-15,17H2,1H3,(H,26,30)/t23-/m0/s1. The van der Waals surface area contributed by atoms with E-state index in [1.54, 1.807) is 35.6 Å². The summed E-state index contributed by atoms with van der Waals surface area (Å²) >= 11 is 1.66. The van der Waals surface area contributed by atoms with Crippen molar-refractivity contribution in [3.05, 3.63) is 82.0 Å². The van der Waals surface area contributed by atoms with Crippen molar-refractivity contribution in [3.8, 4) is 0 Å². The first kappa shape index (κ1) is 25.1. The predicted molar refractivity (Wildman–Crippen MR) is 135 cm³/mol. The second-order valence-corrected chi connectivity index (χ2v) is 10.8. The quantitative estimate of drug-likeness (QED) is 0.424. The van der Waals surface area contributed by atoms with E-state index in [1.165, 1.54) is 36.1 Å². The molecular formula is C25H27N3O5S2. The number of nitrogens with zero attached hydrogens (tertiary/aromatic N) is 1. The molecule has 0 saturated carbocycles. The highest BCUT2D eigenvalue weighted by Crippen LogP contribution is 2.25. The first-order valence-electron chi connectivity index (χ1n) is 11.2. The van der Waals surface area contributed by atoms with Crippen LogP contribution in [0.1, 0.15) is 38.6 Å². The zero-order chi connectivity index (χ0) is 24.8. The lowest BCUT2D eigenvalue weighted by molar-refractivity contribution is 0.0169. The third kappa shape index (κ3) is 6.34. The van der Waals surface area contributed by atoms with Crippen LogP contribution in [0.3, 0.4) is 0 Å². The van der Waals surface area contributed by atoms with Gasteiger partial charge in [-0.25, -0.2) is 8.42 Å². The molecule has 1 atom stereocenters. The number of carbonyl (C=O) groups is 2. The number of ketones is 1. The third-order valence-electron chi connectivity index (χ3n) is 5.78. The summed E-state index contributed by atoms with van der Waals surface area (Å²) < 4.78 is 33.3. The lowest BCUT2D eigenvalue weighted by Gasteiger charge is -2.34. The van der Waals surface area contributed by atoms with Crippen LogP contribution in [0.25, 0.3) is 0 Å². The summed E-state index contributed by atoms with van der Waals surface area (Å²) in [4.78, 5) is 27.7. The molecule has 1 fully saturated rings. The van der Waals surface area contributed by atoms with E-state index in [0.29, 0.717) is 36.6 Å². The molecule has 0 bridgehead atoms. The molecule has 2 N–H and O–H groups in total. The Balaban J connectivity index is 1.38. The highest BCUT2D eigenvalue weighted by atomic mass is 32.2. The first-order valence-corrected chi connectivity index (χ1v) is 13.6. The number of hydrogen-bond donors (Lipinski definition) is 2. The number of hydrogen-bond acceptors (Lipinski definition) is 7. The summed E-state index contributed by atoms with van der Waals surface area (Å²) in [7, 11) is -3.82. The normalized spacial score (nSPS) is 15.3. The topological polar surface area (TPSA) is 105 Å². The fourth-order valence-electron chi connectivity index (χ4n) is 3.84. The van der Waals surface area contributed by atoms with Gasteiger partial charge in [0.15, 0.2) is 5.78 Å². The molecule has 1 aromatic heterocycles. The van der Waals surface area contributed by atoms with E-state index in [0.717, 1.165) is 13.1 Å². The van der Waals surface area contributed by atoms with Crippen LogP contribution >= 0.6 is 11.3 Å². The second-order valence-electron chi connectivity index (χ2n) is 8.15. The molecule has 1 saturated heterocycles. The molecule has 3 aromatic rings. The first-order chi connectivity index (χ1) is 16.8. The number of amides is 1. The molecular weight excluding hydrogens is 486 g/mol. The molecule has 4 rings (SSSR count). The number of sulfonamides is 1. The third-order valence-corrected chi connectivity index (χ3v) is 8.16. The average Bonchev–Trinajstić information content (AvgIpc) is 3.40. The van der Waals surface area contributed by atoms with Gasteiger partial charge in [0, 0.05) is 41.3 Å². The predicted octanol–water partition coefficient (Wildman–Crippen LogP) is 3.55. The summed E-state index contributed by atoms with van der Waals surface area (Å²) in [5, 5.41) is 5.04. The smallest absolute Gasteiger partial charge is 0.261 e. The molecule has 0 aliphatic carbocycles. The number of anilines is 1. The fraction of sp³-hybridized carbons (Fsp3) is 0.280. The number of rotatable bonds is 9. The number of ether oxygens (including phenoxy) is 1. The molecule has 1 aliphatic heterocycles. The number of nitrogens with one attached hydrogen (secondary N) is 2. The number of carbonyl (C=O) groups excluding carboxylic acids is 2. The Hall–Kier alpha value is -3.05. The van der Waals surface area contributed by atoms with Gasteiger partial charge in [0.2, 0.25) is 0 Å². The Morgan fingerprint density at radius 3 is 2.26 bits per heavy atom. The van der Waals surface area contributed by atoms with Gasteiger partial charge in [0.1, 0.15) is 0 Å². The summed E-state index contributed by atoms with van der Waals surface area (Å²) in [5.41, 5.74) is 1.21. The van der Waals surface area contributed by atoms with Gasteiger partial charge in [-0.1, -0.05) is 18.2 Å². The van der Waals surface area contributed by atoms with Crippen molar-refractivity contribution in [3.63, 3.8) is 0 Å². The molecule has 1 amide bonds. The summed E-state index contributed by atoms with van der Waals surface area (Å²) in [6, 6.07) is 16.2. The van der Waals surface area contributed by atoms with E-state index in [4.69, 9.17) is 4.74 Å². The van der Waals surface area contributed by atoms with Gasteiger partial charge >= 0.3 is 0 Å². The highest BCUT2D eigenvalue weighted by Gasteiger charge is 2.24. The minimum Gasteiger partial charge on any atom is -0.379 e. The van der Waals surface area contributed by atoms with Crippen LogP contribution in [0, 0.1) is 0 Å². The minimum absolute atomic E-state index is 0.0482. The van der Waals surface area contributed by atoms with Crippen LogP contribution in [-0.2, 0) is 14.8 Å². The van der Waals surface area contributed by atoms with Crippen LogP contribution in [0.2, 0.25) is 0 Å². The molecule has 1 aliphatic rings. The minimum atomic E-state index is -3.82. The van der Waals surface area contributed by atoms with Gasteiger partial charge in [-0.15, -0.1) is 11.3 Å². The van der Waals surface area contributed by atoms with Crippen LogP contribution in [-0.4, -0.2) is 57.9 Å². The molecule has 8 nitrogen and oxygen atoms in total. The van der Waals surface area contributed by atoms with E-state index in [1.807, 2.05) is 11.4 Å². The Bertz CT molecular complexity index is 1250. The maximum Gasteiger partial charge on any atom is 0.261 e. The van der Waals surface area contributed by atoms with Crippen molar-refractivity contribution in [2.45, 2.75) is 17.9 Å². The van der Waals surface area contributed by atoms with E-state index in [9.17, 15) is 18.0 Å². The Labute approximate surface area is 209 Å².